The number of benzene rings is 2. The van der Waals surface area contributed by atoms with Gasteiger partial charge in [-0.3, -0.25) is 9.78 Å². The lowest BCUT2D eigenvalue weighted by Crippen LogP contribution is -2.15. The Hall–Kier alpha value is -4.59. The van der Waals surface area contributed by atoms with Crippen LogP contribution in [-0.4, -0.2) is 31.7 Å². The summed E-state index contributed by atoms with van der Waals surface area (Å²) in [6.07, 6.45) is 4.99. The minimum atomic E-state index is -0.367. The van der Waals surface area contributed by atoms with Crippen molar-refractivity contribution in [1.82, 2.24) is 19.6 Å². The van der Waals surface area contributed by atoms with Crippen LogP contribution in [0.25, 0.3) is 22.2 Å². The lowest BCUT2D eigenvalue weighted by molar-refractivity contribution is 0.102. The molecule has 162 valence electrons. The number of nitrogens with one attached hydrogen (secondary N) is 1. The van der Waals surface area contributed by atoms with Crippen LogP contribution >= 0.6 is 0 Å². The lowest BCUT2D eigenvalue weighted by Gasteiger charge is -2.09. The van der Waals surface area contributed by atoms with Gasteiger partial charge in [0.25, 0.3) is 5.91 Å². The second-order valence-electron chi connectivity index (χ2n) is 7.75. The van der Waals surface area contributed by atoms with Gasteiger partial charge >= 0.3 is 0 Å². The number of nitrogen functional groups attached to an aromatic ring is 1. The molecule has 0 saturated heterocycles. The Morgan fingerprint density at radius 1 is 1.03 bits per heavy atom. The molecule has 3 heterocycles. The van der Waals surface area contributed by atoms with Crippen molar-refractivity contribution in [2.75, 3.05) is 11.1 Å². The van der Waals surface area contributed by atoms with Crippen molar-refractivity contribution < 1.29 is 4.79 Å². The lowest BCUT2D eigenvalue weighted by atomic mass is 10.1. The third-order valence-corrected chi connectivity index (χ3v) is 5.37. The number of carbonyl (C=O) groups is 1. The van der Waals surface area contributed by atoms with Gasteiger partial charge in [-0.25, -0.2) is 9.97 Å². The molecular weight excluding hydrogens is 414 g/mol. The van der Waals surface area contributed by atoms with E-state index in [1.165, 1.54) is 4.68 Å². The summed E-state index contributed by atoms with van der Waals surface area (Å²) in [6, 6.07) is 17.0. The van der Waals surface area contributed by atoms with E-state index in [1.807, 2.05) is 68.4 Å². The van der Waals surface area contributed by atoms with Crippen molar-refractivity contribution in [3.8, 4) is 0 Å². The van der Waals surface area contributed by atoms with Gasteiger partial charge in [0.15, 0.2) is 5.65 Å². The number of carbonyl (C=O) groups excluding carboxylic acids is 1. The zero-order valence-corrected chi connectivity index (χ0v) is 18.1. The number of anilines is 2. The summed E-state index contributed by atoms with van der Waals surface area (Å²) in [5.74, 6) is -0.206. The summed E-state index contributed by atoms with van der Waals surface area (Å²) in [7, 11) is 0. The number of nitrogens with two attached hydrogens (primary N) is 1. The monoisotopic (exact) mass is 435 g/mol. The minimum Gasteiger partial charge on any atom is -0.383 e. The molecule has 0 spiro atoms. The Bertz CT molecular complexity index is 1540. The number of aromatic nitrogens is 4. The Kier molecular flexibility index (Phi) is 5.02. The molecule has 0 saturated carbocycles. The molecule has 0 aliphatic heterocycles. The van der Waals surface area contributed by atoms with Gasteiger partial charge in [-0.1, -0.05) is 24.3 Å². The number of fused-ring (bicyclic) bond motifs is 2. The second-order valence-corrected chi connectivity index (χ2v) is 7.75. The van der Waals surface area contributed by atoms with Crippen LogP contribution in [0.1, 0.15) is 27.0 Å². The van der Waals surface area contributed by atoms with Crippen molar-refractivity contribution in [3.63, 3.8) is 0 Å². The molecule has 0 aliphatic carbocycles. The van der Waals surface area contributed by atoms with E-state index in [0.29, 0.717) is 27.9 Å². The molecule has 8 heteroatoms. The number of hydrogen-bond acceptors (Lipinski definition) is 6. The summed E-state index contributed by atoms with van der Waals surface area (Å²) >= 11 is 0. The van der Waals surface area contributed by atoms with Crippen LogP contribution in [0.15, 0.2) is 72.1 Å². The van der Waals surface area contributed by atoms with Gasteiger partial charge in [0, 0.05) is 18.1 Å². The number of para-hydroxylation sites is 2. The number of rotatable bonds is 4. The second kappa shape index (κ2) is 8.16. The molecule has 1 amide bonds. The highest BCUT2D eigenvalue weighted by atomic mass is 16.1. The molecule has 0 fully saturated rings. The summed E-state index contributed by atoms with van der Waals surface area (Å²) in [5.41, 5.74) is 12.4. The van der Waals surface area contributed by atoms with E-state index < -0.39 is 0 Å². The van der Waals surface area contributed by atoms with Crippen LogP contribution in [0.4, 0.5) is 11.5 Å². The first-order chi connectivity index (χ1) is 16.0. The Morgan fingerprint density at radius 3 is 2.52 bits per heavy atom. The van der Waals surface area contributed by atoms with Gasteiger partial charge in [0.05, 0.1) is 17.2 Å². The van der Waals surface area contributed by atoms with E-state index in [1.54, 1.807) is 18.6 Å². The SMILES string of the molecule is Cc1ccc(C)c(NC(=O)c2c(N)n(/N=C/c3ccncc3)c3nc4ccccc4nc23)c1. The van der Waals surface area contributed by atoms with Gasteiger partial charge in [-0.15, -0.1) is 0 Å². The molecule has 8 nitrogen and oxygen atoms in total. The molecule has 5 aromatic rings. The average molecular weight is 435 g/mol. The maximum atomic E-state index is 13.4. The van der Waals surface area contributed by atoms with Gasteiger partial charge in [0.2, 0.25) is 0 Å². The fourth-order valence-electron chi connectivity index (χ4n) is 3.62. The molecule has 2 aromatic carbocycles. The first-order valence-electron chi connectivity index (χ1n) is 10.4. The van der Waals surface area contributed by atoms with Crippen LogP contribution in [0, 0.1) is 13.8 Å². The molecule has 0 unspecified atom stereocenters. The van der Waals surface area contributed by atoms with Gasteiger partial charge < -0.3 is 11.1 Å². The maximum absolute atomic E-state index is 13.4. The highest BCUT2D eigenvalue weighted by molar-refractivity contribution is 6.16. The van der Waals surface area contributed by atoms with Gasteiger partial charge in [-0.05, 0) is 60.9 Å². The minimum absolute atomic E-state index is 0.161. The standard InChI is InChI=1S/C25H21N7O/c1-15-7-8-16(2)20(13-15)31-25(33)21-22-24(30-19-6-4-3-5-18(19)29-22)32(23(21)26)28-14-17-9-11-27-12-10-17/h3-14H,26H2,1-2H3,(H,31,33)/b28-14+. The van der Waals surface area contributed by atoms with Crippen LogP contribution in [-0.2, 0) is 0 Å². The average Bonchev–Trinajstić information content (AvgIpc) is 3.09. The molecule has 0 radical (unpaired) electrons. The van der Waals surface area contributed by atoms with Gasteiger partial charge in [-0.2, -0.15) is 9.78 Å². The fourth-order valence-corrected chi connectivity index (χ4v) is 3.62. The first-order valence-corrected chi connectivity index (χ1v) is 10.4. The highest BCUT2D eigenvalue weighted by Crippen LogP contribution is 2.29. The van der Waals surface area contributed by atoms with Crippen LogP contribution in [0.2, 0.25) is 0 Å². The Balaban J connectivity index is 1.68. The number of nitrogens with zero attached hydrogens (tertiary/aromatic N) is 5. The van der Waals surface area contributed by atoms with E-state index in [4.69, 9.17) is 15.7 Å². The topological polar surface area (TPSA) is 111 Å². The third-order valence-electron chi connectivity index (χ3n) is 5.37. The van der Waals surface area contributed by atoms with Crippen molar-refractivity contribution in [2.45, 2.75) is 13.8 Å². The molecule has 0 atom stereocenters. The van der Waals surface area contributed by atoms with Crippen molar-refractivity contribution in [3.05, 3.63) is 89.2 Å². The summed E-state index contributed by atoms with van der Waals surface area (Å²) < 4.78 is 1.45. The molecule has 33 heavy (non-hydrogen) atoms. The Morgan fingerprint density at radius 2 is 1.76 bits per heavy atom. The number of hydrogen-bond donors (Lipinski definition) is 2. The van der Waals surface area contributed by atoms with Crippen molar-refractivity contribution in [1.29, 1.82) is 0 Å². The smallest absolute Gasteiger partial charge is 0.261 e. The molecule has 0 aliphatic rings. The van der Waals surface area contributed by atoms with Crippen LogP contribution < -0.4 is 11.1 Å². The van der Waals surface area contributed by atoms with E-state index >= 15 is 0 Å². The maximum Gasteiger partial charge on any atom is 0.261 e. The molecule has 3 N–H and O–H groups in total. The molecule has 5 rings (SSSR count). The normalized spacial score (nSPS) is 11.5. The van der Waals surface area contributed by atoms with E-state index in [2.05, 4.69) is 15.4 Å². The number of amides is 1. The summed E-state index contributed by atoms with van der Waals surface area (Å²) in [5, 5.41) is 7.48. The van der Waals surface area contributed by atoms with Crippen molar-refractivity contribution in [2.24, 2.45) is 5.10 Å². The largest absolute Gasteiger partial charge is 0.383 e. The zero-order chi connectivity index (χ0) is 22.9. The van der Waals surface area contributed by atoms with E-state index in [9.17, 15) is 4.79 Å². The summed E-state index contributed by atoms with van der Waals surface area (Å²) in [6.45, 7) is 3.91. The zero-order valence-electron chi connectivity index (χ0n) is 18.1. The molecule has 0 bridgehead atoms. The van der Waals surface area contributed by atoms with Gasteiger partial charge in [0.1, 0.15) is 16.9 Å². The highest BCUT2D eigenvalue weighted by Gasteiger charge is 2.24. The molecular formula is C25H21N7O. The van der Waals surface area contributed by atoms with Crippen LogP contribution in [0.3, 0.4) is 0 Å². The summed E-state index contributed by atoms with van der Waals surface area (Å²) in [4.78, 5) is 26.8. The number of pyridine rings is 1. The van der Waals surface area contributed by atoms with E-state index in [0.717, 1.165) is 16.7 Å². The third kappa shape index (κ3) is 3.78. The van der Waals surface area contributed by atoms with Crippen molar-refractivity contribution >= 4 is 45.8 Å². The Labute approximate surface area is 189 Å². The van der Waals surface area contributed by atoms with Crippen LogP contribution in [0.5, 0.6) is 0 Å². The molecule has 3 aromatic heterocycles. The fraction of sp³-hybridized carbons (Fsp3) is 0.0800. The predicted molar refractivity (Wildman–Crippen MR) is 131 cm³/mol. The predicted octanol–water partition coefficient (Wildman–Crippen LogP) is 4.31. The quantitative estimate of drug-likeness (QED) is 0.409. The first kappa shape index (κ1) is 20.3. The number of aryl methyl sites for hydroxylation is 2. The van der Waals surface area contributed by atoms with E-state index in [-0.39, 0.29) is 17.3 Å².